The Morgan fingerprint density at radius 1 is 1.04 bits per heavy atom. The van der Waals surface area contributed by atoms with Crippen LogP contribution in [0.2, 0.25) is 0 Å². The second-order valence-corrected chi connectivity index (χ2v) is 6.14. The summed E-state index contributed by atoms with van der Waals surface area (Å²) in [7, 11) is 0. The first kappa shape index (κ1) is 19.3. The minimum absolute atomic E-state index is 0.132. The molecule has 0 spiro atoms. The molecule has 1 amide bonds. The minimum Gasteiger partial charge on any atom is -0.367 e. The van der Waals surface area contributed by atoms with Gasteiger partial charge in [-0.05, 0) is 17.5 Å². The topological polar surface area (TPSA) is 56.1 Å². The normalized spacial score (nSPS) is 10.8. The highest BCUT2D eigenvalue weighted by Gasteiger charge is 2.11. The number of unbranched alkanes of at least 4 members (excludes halogenated alkanes) is 1. The molecule has 0 saturated carbocycles. The van der Waals surface area contributed by atoms with Gasteiger partial charge in [0.2, 0.25) is 0 Å². The lowest BCUT2D eigenvalue weighted by Gasteiger charge is -2.21. The summed E-state index contributed by atoms with van der Waals surface area (Å²) in [5, 5.41) is 12.2. The Kier molecular flexibility index (Phi) is 7.95. The van der Waals surface area contributed by atoms with E-state index >= 15 is 0 Å². The molecule has 0 saturated heterocycles. The number of hydrogen-bond acceptors (Lipinski definition) is 3. The lowest BCUT2D eigenvalue weighted by Crippen LogP contribution is -2.27. The van der Waals surface area contributed by atoms with E-state index in [2.05, 4.69) is 12.2 Å². The van der Waals surface area contributed by atoms with Gasteiger partial charge in [0.1, 0.15) is 11.6 Å². The Morgan fingerprint density at radius 2 is 1.58 bits per heavy atom. The van der Waals surface area contributed by atoms with Crippen LogP contribution in [0, 0.1) is 11.3 Å². The highest BCUT2D eigenvalue weighted by molar-refractivity contribution is 5.97. The monoisotopic (exact) mass is 347 g/mol. The molecule has 0 aliphatic rings. The van der Waals surface area contributed by atoms with Gasteiger partial charge in [0, 0.05) is 25.8 Å². The van der Waals surface area contributed by atoms with Crippen molar-refractivity contribution < 1.29 is 4.79 Å². The van der Waals surface area contributed by atoms with Crippen LogP contribution in [-0.2, 0) is 17.9 Å². The Hall–Kier alpha value is -3.06. The second kappa shape index (κ2) is 10.7. The van der Waals surface area contributed by atoms with Crippen LogP contribution in [0.25, 0.3) is 0 Å². The quantitative estimate of drug-likeness (QED) is 0.423. The van der Waals surface area contributed by atoms with Gasteiger partial charge in [-0.25, -0.2) is 0 Å². The number of carbonyl (C=O) groups is 1. The van der Waals surface area contributed by atoms with Gasteiger partial charge in [0.15, 0.2) is 0 Å². The van der Waals surface area contributed by atoms with Crippen LogP contribution < -0.4 is 5.32 Å². The molecule has 2 aromatic rings. The first-order chi connectivity index (χ1) is 12.7. The number of carbonyl (C=O) groups excluding carboxylic acids is 1. The second-order valence-electron chi connectivity index (χ2n) is 6.14. The van der Waals surface area contributed by atoms with Crippen LogP contribution in [-0.4, -0.2) is 17.4 Å². The van der Waals surface area contributed by atoms with Crippen LogP contribution in [0.15, 0.2) is 72.4 Å². The maximum Gasteiger partial charge on any atom is 0.263 e. The van der Waals surface area contributed by atoms with Crippen LogP contribution >= 0.6 is 0 Å². The van der Waals surface area contributed by atoms with E-state index in [1.165, 1.54) is 0 Å². The minimum atomic E-state index is -0.313. The molecule has 4 nitrogen and oxygen atoms in total. The summed E-state index contributed by atoms with van der Waals surface area (Å²) in [5.74, 6) is -0.313. The van der Waals surface area contributed by atoms with Crippen molar-refractivity contribution in [2.24, 2.45) is 0 Å². The van der Waals surface area contributed by atoms with Gasteiger partial charge in [-0.1, -0.05) is 74.0 Å². The molecule has 0 atom stereocenters. The van der Waals surface area contributed by atoms with Crippen molar-refractivity contribution in [3.8, 4) is 6.07 Å². The van der Waals surface area contributed by atoms with Crippen molar-refractivity contribution in [3.63, 3.8) is 0 Å². The maximum atomic E-state index is 12.3. The first-order valence-corrected chi connectivity index (χ1v) is 8.95. The molecular formula is C22H25N3O. The summed E-state index contributed by atoms with van der Waals surface area (Å²) < 4.78 is 0. The van der Waals surface area contributed by atoms with E-state index in [-0.39, 0.29) is 11.5 Å². The van der Waals surface area contributed by atoms with E-state index in [1.54, 1.807) is 6.20 Å². The molecule has 0 fully saturated rings. The standard InChI is InChI=1S/C22H25N3O/c1-2-3-14-24-22(26)21(15-23)18-25(16-19-10-6-4-7-11-19)17-20-12-8-5-9-13-20/h4-13,18H,2-3,14,16-17H2,1H3,(H,24,26)/b21-18-. The molecule has 0 unspecified atom stereocenters. The highest BCUT2D eigenvalue weighted by Crippen LogP contribution is 2.12. The molecule has 0 aromatic heterocycles. The zero-order chi connectivity index (χ0) is 18.6. The summed E-state index contributed by atoms with van der Waals surface area (Å²) in [6.07, 6.45) is 3.57. The number of rotatable bonds is 9. The Labute approximate surface area is 155 Å². The highest BCUT2D eigenvalue weighted by atomic mass is 16.1. The van der Waals surface area contributed by atoms with Crippen molar-refractivity contribution in [2.75, 3.05) is 6.54 Å². The van der Waals surface area contributed by atoms with Crippen molar-refractivity contribution in [2.45, 2.75) is 32.9 Å². The number of nitrogens with one attached hydrogen (secondary N) is 1. The van der Waals surface area contributed by atoms with Crippen LogP contribution in [0.1, 0.15) is 30.9 Å². The molecular weight excluding hydrogens is 322 g/mol. The summed E-state index contributed by atoms with van der Waals surface area (Å²) in [5.41, 5.74) is 2.39. The van der Waals surface area contributed by atoms with Crippen molar-refractivity contribution >= 4 is 5.91 Å². The lowest BCUT2D eigenvalue weighted by molar-refractivity contribution is -0.117. The van der Waals surface area contributed by atoms with Crippen LogP contribution in [0.4, 0.5) is 0 Å². The number of amides is 1. The summed E-state index contributed by atoms with van der Waals surface area (Å²) >= 11 is 0. The molecule has 0 heterocycles. The first-order valence-electron chi connectivity index (χ1n) is 8.95. The summed E-state index contributed by atoms with van der Waals surface area (Å²) in [4.78, 5) is 14.3. The predicted octanol–water partition coefficient (Wildman–Crippen LogP) is 4.01. The van der Waals surface area contributed by atoms with Crippen LogP contribution in [0.5, 0.6) is 0 Å². The van der Waals surface area contributed by atoms with E-state index in [4.69, 9.17) is 0 Å². The fraction of sp³-hybridized carbons (Fsp3) is 0.273. The van der Waals surface area contributed by atoms with Gasteiger partial charge in [0.05, 0.1) is 0 Å². The van der Waals surface area contributed by atoms with Gasteiger partial charge < -0.3 is 10.2 Å². The van der Waals surface area contributed by atoms with Gasteiger partial charge in [-0.3, -0.25) is 4.79 Å². The summed E-state index contributed by atoms with van der Waals surface area (Å²) in [6, 6.07) is 22.1. The zero-order valence-electron chi connectivity index (χ0n) is 15.2. The Balaban J connectivity index is 2.17. The molecule has 0 aliphatic carbocycles. The van der Waals surface area contributed by atoms with Crippen molar-refractivity contribution in [3.05, 3.63) is 83.6 Å². The molecule has 0 aliphatic heterocycles. The molecule has 2 aromatic carbocycles. The molecule has 0 bridgehead atoms. The molecule has 0 radical (unpaired) electrons. The summed E-state index contributed by atoms with van der Waals surface area (Å²) in [6.45, 7) is 3.91. The van der Waals surface area contributed by atoms with Gasteiger partial charge in [-0.15, -0.1) is 0 Å². The number of benzene rings is 2. The fourth-order valence-corrected chi connectivity index (χ4v) is 2.58. The third-order valence-electron chi connectivity index (χ3n) is 3.95. The number of hydrogen-bond donors (Lipinski definition) is 1. The average Bonchev–Trinajstić information content (AvgIpc) is 2.67. The van der Waals surface area contributed by atoms with E-state index in [1.807, 2.05) is 71.6 Å². The fourth-order valence-electron chi connectivity index (χ4n) is 2.58. The molecule has 4 heteroatoms. The van der Waals surface area contributed by atoms with Gasteiger partial charge >= 0.3 is 0 Å². The van der Waals surface area contributed by atoms with Crippen LogP contribution in [0.3, 0.4) is 0 Å². The average molecular weight is 347 g/mol. The molecule has 2 rings (SSSR count). The van der Waals surface area contributed by atoms with Crippen molar-refractivity contribution in [1.82, 2.24) is 10.2 Å². The third kappa shape index (κ3) is 6.45. The SMILES string of the molecule is CCCCNC(=O)/C(C#N)=C\N(Cc1ccccc1)Cc1ccccc1. The van der Waals surface area contributed by atoms with Gasteiger partial charge in [0.25, 0.3) is 5.91 Å². The zero-order valence-corrected chi connectivity index (χ0v) is 15.2. The van der Waals surface area contributed by atoms with E-state index in [0.717, 1.165) is 24.0 Å². The van der Waals surface area contributed by atoms with Gasteiger partial charge in [-0.2, -0.15) is 5.26 Å². The van der Waals surface area contributed by atoms with E-state index < -0.39 is 0 Å². The molecule has 26 heavy (non-hydrogen) atoms. The van der Waals surface area contributed by atoms with Crippen molar-refractivity contribution in [1.29, 1.82) is 5.26 Å². The lowest BCUT2D eigenvalue weighted by atomic mass is 10.1. The Bertz CT molecular complexity index is 706. The maximum absolute atomic E-state index is 12.3. The number of nitrogens with zero attached hydrogens (tertiary/aromatic N) is 2. The van der Waals surface area contributed by atoms with E-state index in [0.29, 0.717) is 19.6 Å². The molecule has 134 valence electrons. The predicted molar refractivity (Wildman–Crippen MR) is 104 cm³/mol. The third-order valence-corrected chi connectivity index (χ3v) is 3.95. The number of nitriles is 1. The largest absolute Gasteiger partial charge is 0.367 e. The Morgan fingerprint density at radius 3 is 2.04 bits per heavy atom. The smallest absolute Gasteiger partial charge is 0.263 e. The van der Waals surface area contributed by atoms with E-state index in [9.17, 15) is 10.1 Å². The molecule has 1 N–H and O–H groups in total.